The molecule has 0 bridgehead atoms. The summed E-state index contributed by atoms with van der Waals surface area (Å²) >= 11 is 0. The molecular weight excluding hydrogens is 399 g/mol. The van der Waals surface area contributed by atoms with Crippen LogP contribution in [0.1, 0.15) is 24.2 Å². The van der Waals surface area contributed by atoms with Crippen LogP contribution in [0.4, 0.5) is 10.1 Å². The Morgan fingerprint density at radius 2 is 2.03 bits per heavy atom. The highest BCUT2D eigenvalue weighted by atomic mass is 19.1. The van der Waals surface area contributed by atoms with E-state index in [2.05, 4.69) is 15.2 Å². The average Bonchev–Trinajstić information content (AvgIpc) is 3.12. The molecule has 0 unspecified atom stereocenters. The van der Waals surface area contributed by atoms with Crippen LogP contribution >= 0.6 is 0 Å². The molecule has 0 fully saturated rings. The molecule has 1 aromatic heterocycles. The molecule has 0 saturated heterocycles. The van der Waals surface area contributed by atoms with E-state index in [1.165, 1.54) is 18.2 Å². The number of fused-ring (bicyclic) bond motifs is 2. The van der Waals surface area contributed by atoms with Crippen LogP contribution < -0.4 is 10.9 Å². The molecule has 0 amide bonds. The monoisotopic (exact) mass is 424 g/mol. The van der Waals surface area contributed by atoms with E-state index in [1.54, 1.807) is 16.7 Å². The third kappa shape index (κ3) is 4.25. The topological polar surface area (TPSA) is 90.6 Å². The smallest absolute Gasteiger partial charge is 0.261 e. The van der Waals surface area contributed by atoms with Gasteiger partial charge in [-0.15, -0.1) is 0 Å². The normalized spacial score (nSPS) is 14.5. The standard InChI is InChI=1S/C23H25FN4O3/c1-27(2)8-3-7-25-19-13-18-16(12-17(19)24)23(31)28-9-6-15(22(28)26-18)10-14-4-5-20(29)21(30)11-14/h4-5,10-13,25,29-30H,3,6-9H2,1-2H3/b15-10+. The number of hydrogen-bond acceptors (Lipinski definition) is 6. The Morgan fingerprint density at radius 3 is 2.77 bits per heavy atom. The van der Waals surface area contributed by atoms with Crippen LogP contribution in [0, 0.1) is 5.82 Å². The van der Waals surface area contributed by atoms with Crippen molar-refractivity contribution in [1.82, 2.24) is 14.5 Å². The fraction of sp³-hybridized carbons (Fsp3) is 0.304. The summed E-state index contributed by atoms with van der Waals surface area (Å²) in [6.07, 6.45) is 3.29. The molecule has 1 aliphatic heterocycles. The summed E-state index contributed by atoms with van der Waals surface area (Å²) in [5.74, 6) is -0.334. The zero-order valence-electron chi connectivity index (χ0n) is 17.5. The maximum atomic E-state index is 14.6. The van der Waals surface area contributed by atoms with Gasteiger partial charge in [0.1, 0.15) is 11.6 Å². The lowest BCUT2D eigenvalue weighted by atomic mass is 10.1. The van der Waals surface area contributed by atoms with Gasteiger partial charge in [-0.3, -0.25) is 9.36 Å². The lowest BCUT2D eigenvalue weighted by Gasteiger charge is -2.12. The van der Waals surface area contributed by atoms with Crippen molar-refractivity contribution in [2.75, 3.05) is 32.5 Å². The van der Waals surface area contributed by atoms with Gasteiger partial charge in [0.05, 0.1) is 16.6 Å². The lowest BCUT2D eigenvalue weighted by Crippen LogP contribution is -2.21. The second-order valence-corrected chi connectivity index (χ2v) is 7.99. The van der Waals surface area contributed by atoms with Gasteiger partial charge >= 0.3 is 0 Å². The number of benzene rings is 2. The molecule has 0 spiro atoms. The summed E-state index contributed by atoms with van der Waals surface area (Å²) in [6, 6.07) is 7.38. The molecule has 0 saturated carbocycles. The van der Waals surface area contributed by atoms with Gasteiger partial charge in [0.2, 0.25) is 0 Å². The molecule has 1 aliphatic rings. The van der Waals surface area contributed by atoms with Crippen LogP contribution in [0.3, 0.4) is 0 Å². The summed E-state index contributed by atoms with van der Waals surface area (Å²) in [5.41, 5.74) is 2.03. The van der Waals surface area contributed by atoms with E-state index >= 15 is 0 Å². The number of allylic oxidation sites excluding steroid dienone is 1. The van der Waals surface area contributed by atoms with Crippen molar-refractivity contribution in [2.24, 2.45) is 0 Å². The minimum atomic E-state index is -0.467. The maximum Gasteiger partial charge on any atom is 0.261 e. The average molecular weight is 424 g/mol. The van der Waals surface area contributed by atoms with Crippen LogP contribution in [-0.2, 0) is 6.54 Å². The predicted molar refractivity (Wildman–Crippen MR) is 120 cm³/mol. The Hall–Kier alpha value is -3.39. The first kappa shape index (κ1) is 20.9. The minimum Gasteiger partial charge on any atom is -0.504 e. The molecule has 2 aromatic carbocycles. The van der Waals surface area contributed by atoms with E-state index in [9.17, 15) is 19.4 Å². The third-order valence-corrected chi connectivity index (χ3v) is 5.37. The molecule has 0 atom stereocenters. The lowest BCUT2D eigenvalue weighted by molar-refractivity contribution is 0.403. The number of aromatic hydroxyl groups is 2. The number of nitrogens with zero attached hydrogens (tertiary/aromatic N) is 3. The quantitative estimate of drug-likeness (QED) is 0.416. The molecule has 0 aliphatic carbocycles. The molecular formula is C23H25FN4O3. The van der Waals surface area contributed by atoms with Crippen molar-refractivity contribution >= 4 is 28.2 Å². The van der Waals surface area contributed by atoms with E-state index in [0.717, 1.165) is 18.5 Å². The summed E-state index contributed by atoms with van der Waals surface area (Å²) < 4.78 is 16.1. The van der Waals surface area contributed by atoms with E-state index in [1.807, 2.05) is 20.2 Å². The van der Waals surface area contributed by atoms with Crippen molar-refractivity contribution in [3.05, 3.63) is 57.9 Å². The van der Waals surface area contributed by atoms with Crippen LogP contribution in [0.5, 0.6) is 11.5 Å². The number of halogens is 1. The largest absolute Gasteiger partial charge is 0.504 e. The van der Waals surface area contributed by atoms with E-state index in [4.69, 9.17) is 0 Å². The Balaban J connectivity index is 1.70. The highest BCUT2D eigenvalue weighted by Crippen LogP contribution is 2.31. The van der Waals surface area contributed by atoms with Gasteiger partial charge < -0.3 is 20.4 Å². The van der Waals surface area contributed by atoms with Crippen LogP contribution in [0.2, 0.25) is 0 Å². The highest BCUT2D eigenvalue weighted by Gasteiger charge is 2.22. The number of rotatable bonds is 6. The summed E-state index contributed by atoms with van der Waals surface area (Å²) in [6.45, 7) is 1.95. The fourth-order valence-electron chi connectivity index (χ4n) is 3.76. The molecule has 4 rings (SSSR count). The fourth-order valence-corrected chi connectivity index (χ4v) is 3.76. The first-order valence-corrected chi connectivity index (χ1v) is 10.2. The van der Waals surface area contributed by atoms with Crippen LogP contribution in [0.15, 0.2) is 35.1 Å². The molecule has 3 N–H and O–H groups in total. The van der Waals surface area contributed by atoms with Crippen molar-refractivity contribution in [1.29, 1.82) is 0 Å². The number of aromatic nitrogens is 2. The number of hydrogen-bond donors (Lipinski definition) is 3. The van der Waals surface area contributed by atoms with E-state index < -0.39 is 5.82 Å². The summed E-state index contributed by atoms with van der Waals surface area (Å²) in [4.78, 5) is 19.7. The first-order valence-electron chi connectivity index (χ1n) is 10.2. The SMILES string of the molecule is CN(C)CCCNc1cc2nc3n(c(=O)c2cc1F)CC/C3=C\c1ccc(O)c(O)c1. The number of anilines is 1. The second kappa shape index (κ2) is 8.39. The molecule has 31 heavy (non-hydrogen) atoms. The number of phenolic OH excluding ortho intramolecular Hbond substituents is 2. The molecule has 3 aromatic rings. The van der Waals surface area contributed by atoms with Crippen LogP contribution in [0.25, 0.3) is 22.6 Å². The second-order valence-electron chi connectivity index (χ2n) is 7.99. The van der Waals surface area contributed by atoms with Crippen LogP contribution in [-0.4, -0.2) is 51.8 Å². The zero-order chi connectivity index (χ0) is 22.1. The number of phenols is 2. The van der Waals surface area contributed by atoms with Gasteiger partial charge in [-0.1, -0.05) is 6.07 Å². The van der Waals surface area contributed by atoms with E-state index in [0.29, 0.717) is 42.1 Å². The maximum absolute atomic E-state index is 14.6. The van der Waals surface area contributed by atoms with Gasteiger partial charge in [-0.25, -0.2) is 9.37 Å². The predicted octanol–water partition coefficient (Wildman–Crippen LogP) is 3.25. The van der Waals surface area contributed by atoms with Gasteiger partial charge in [-0.2, -0.15) is 0 Å². The van der Waals surface area contributed by atoms with Gasteiger partial charge in [0.25, 0.3) is 5.56 Å². The Bertz CT molecular complexity index is 1230. The van der Waals surface area contributed by atoms with Crippen molar-refractivity contribution in [3.63, 3.8) is 0 Å². The van der Waals surface area contributed by atoms with Crippen molar-refractivity contribution in [2.45, 2.75) is 19.4 Å². The summed E-state index contributed by atoms with van der Waals surface area (Å²) in [5, 5.41) is 22.6. The zero-order valence-corrected chi connectivity index (χ0v) is 17.5. The molecule has 162 valence electrons. The molecule has 7 nitrogen and oxygen atoms in total. The third-order valence-electron chi connectivity index (χ3n) is 5.37. The Morgan fingerprint density at radius 1 is 1.23 bits per heavy atom. The highest BCUT2D eigenvalue weighted by molar-refractivity contribution is 5.86. The van der Waals surface area contributed by atoms with E-state index in [-0.39, 0.29) is 22.4 Å². The van der Waals surface area contributed by atoms with Gasteiger partial charge in [0.15, 0.2) is 11.5 Å². The van der Waals surface area contributed by atoms with Crippen molar-refractivity contribution < 1.29 is 14.6 Å². The molecule has 0 radical (unpaired) electrons. The Kier molecular flexibility index (Phi) is 5.65. The molecule has 2 heterocycles. The van der Waals surface area contributed by atoms with Gasteiger partial charge in [-0.05, 0) is 75.0 Å². The number of nitrogens with one attached hydrogen (secondary N) is 1. The van der Waals surface area contributed by atoms with Crippen molar-refractivity contribution in [3.8, 4) is 11.5 Å². The first-order chi connectivity index (χ1) is 14.8. The molecule has 8 heteroatoms. The summed E-state index contributed by atoms with van der Waals surface area (Å²) in [7, 11) is 3.97. The Labute approximate surface area is 179 Å². The van der Waals surface area contributed by atoms with Gasteiger partial charge in [0, 0.05) is 13.1 Å². The minimum absolute atomic E-state index is 0.193.